The molecule has 0 spiro atoms. The van der Waals surface area contributed by atoms with Gasteiger partial charge in [0.15, 0.2) is 6.61 Å². The molecular weight excluding hydrogens is 332 g/mol. The van der Waals surface area contributed by atoms with E-state index >= 15 is 0 Å². The third kappa shape index (κ3) is 4.71. The maximum atomic E-state index is 12.5. The lowest BCUT2D eigenvalue weighted by molar-refractivity contribution is -0.139. The summed E-state index contributed by atoms with van der Waals surface area (Å²) in [5.74, 6) is -1.38. The molecule has 0 bridgehead atoms. The van der Waals surface area contributed by atoms with Gasteiger partial charge in [0.05, 0.1) is 0 Å². The van der Waals surface area contributed by atoms with Gasteiger partial charge in [0.2, 0.25) is 0 Å². The van der Waals surface area contributed by atoms with Gasteiger partial charge in [-0.3, -0.25) is 4.79 Å². The fourth-order valence-corrected chi connectivity index (χ4v) is 2.37. The SMILES string of the molecule is Cc1cccc(C)c1NC(=O)/C(C#N)=C\c1ccccc1OCC(=O)O. The van der Waals surface area contributed by atoms with Gasteiger partial charge in [0.25, 0.3) is 5.91 Å². The molecule has 2 aromatic carbocycles. The molecule has 2 rings (SSSR count). The molecule has 0 radical (unpaired) electrons. The van der Waals surface area contributed by atoms with Crippen LogP contribution in [-0.2, 0) is 9.59 Å². The number of aliphatic carboxylic acids is 1. The first-order valence-electron chi connectivity index (χ1n) is 7.85. The number of nitrogens with zero attached hydrogens (tertiary/aromatic N) is 1. The van der Waals surface area contributed by atoms with Crippen LogP contribution >= 0.6 is 0 Å². The first-order chi connectivity index (χ1) is 12.4. The van der Waals surface area contributed by atoms with Gasteiger partial charge in [0.1, 0.15) is 17.4 Å². The van der Waals surface area contributed by atoms with Crippen molar-refractivity contribution in [3.05, 3.63) is 64.7 Å². The predicted octanol–water partition coefficient (Wildman–Crippen LogP) is 3.31. The van der Waals surface area contributed by atoms with E-state index in [0.29, 0.717) is 11.3 Å². The molecule has 2 aromatic rings. The Bertz CT molecular complexity index is 890. The van der Waals surface area contributed by atoms with Crippen LogP contribution in [0.15, 0.2) is 48.0 Å². The normalized spacial score (nSPS) is 10.7. The van der Waals surface area contributed by atoms with Crippen LogP contribution in [0.2, 0.25) is 0 Å². The molecule has 0 fully saturated rings. The van der Waals surface area contributed by atoms with E-state index in [1.165, 1.54) is 6.08 Å². The van der Waals surface area contributed by atoms with Crippen LogP contribution in [0.5, 0.6) is 5.75 Å². The van der Waals surface area contributed by atoms with Crippen LogP contribution in [0.1, 0.15) is 16.7 Å². The number of anilines is 1. The van der Waals surface area contributed by atoms with Crippen LogP contribution in [0.25, 0.3) is 6.08 Å². The summed E-state index contributed by atoms with van der Waals surface area (Å²) in [6.45, 7) is 3.22. The number of ether oxygens (including phenoxy) is 1. The Morgan fingerprint density at radius 2 is 1.81 bits per heavy atom. The predicted molar refractivity (Wildman–Crippen MR) is 97.7 cm³/mol. The highest BCUT2D eigenvalue weighted by Crippen LogP contribution is 2.23. The number of nitriles is 1. The van der Waals surface area contributed by atoms with Crippen molar-refractivity contribution < 1.29 is 19.4 Å². The molecule has 26 heavy (non-hydrogen) atoms. The molecule has 0 aliphatic carbocycles. The topological polar surface area (TPSA) is 99.4 Å². The molecule has 0 unspecified atom stereocenters. The minimum Gasteiger partial charge on any atom is -0.481 e. The van der Waals surface area contributed by atoms with E-state index in [1.54, 1.807) is 24.3 Å². The number of carboxylic acid groups (broad SMARTS) is 1. The van der Waals surface area contributed by atoms with Gasteiger partial charge in [-0.05, 0) is 37.1 Å². The molecule has 0 aromatic heterocycles. The minimum atomic E-state index is -1.11. The van der Waals surface area contributed by atoms with Crippen molar-refractivity contribution in [2.45, 2.75) is 13.8 Å². The summed E-state index contributed by atoms with van der Waals surface area (Å²) in [7, 11) is 0. The number of benzene rings is 2. The van der Waals surface area contributed by atoms with Crippen LogP contribution in [-0.4, -0.2) is 23.6 Å². The van der Waals surface area contributed by atoms with Crippen LogP contribution in [0.3, 0.4) is 0 Å². The Hall–Kier alpha value is -3.59. The molecule has 1 amide bonds. The van der Waals surface area contributed by atoms with Crippen molar-refractivity contribution in [3.8, 4) is 11.8 Å². The zero-order chi connectivity index (χ0) is 19.1. The number of carbonyl (C=O) groups excluding carboxylic acids is 1. The van der Waals surface area contributed by atoms with E-state index in [4.69, 9.17) is 9.84 Å². The lowest BCUT2D eigenvalue weighted by Gasteiger charge is -2.11. The number of carboxylic acids is 1. The highest BCUT2D eigenvalue weighted by Gasteiger charge is 2.13. The average Bonchev–Trinajstić information content (AvgIpc) is 2.61. The summed E-state index contributed by atoms with van der Waals surface area (Å²) in [5.41, 5.74) is 2.77. The fourth-order valence-electron chi connectivity index (χ4n) is 2.37. The molecule has 2 N–H and O–H groups in total. The number of hydrogen-bond donors (Lipinski definition) is 2. The quantitative estimate of drug-likeness (QED) is 0.615. The maximum absolute atomic E-state index is 12.5. The van der Waals surface area contributed by atoms with E-state index in [-0.39, 0.29) is 11.3 Å². The molecule has 132 valence electrons. The first kappa shape index (κ1) is 18.7. The summed E-state index contributed by atoms with van der Waals surface area (Å²) < 4.78 is 5.19. The number of para-hydroxylation sites is 2. The Morgan fingerprint density at radius 1 is 1.15 bits per heavy atom. The van der Waals surface area contributed by atoms with E-state index in [1.807, 2.05) is 38.1 Å². The summed E-state index contributed by atoms with van der Waals surface area (Å²) in [6, 6.07) is 14.1. The number of carbonyl (C=O) groups is 2. The number of hydrogen-bond acceptors (Lipinski definition) is 4. The molecule has 0 atom stereocenters. The van der Waals surface area contributed by atoms with E-state index < -0.39 is 18.5 Å². The zero-order valence-electron chi connectivity index (χ0n) is 14.4. The zero-order valence-corrected chi connectivity index (χ0v) is 14.4. The van der Waals surface area contributed by atoms with E-state index in [9.17, 15) is 14.9 Å². The van der Waals surface area contributed by atoms with Crippen molar-refractivity contribution >= 4 is 23.6 Å². The van der Waals surface area contributed by atoms with E-state index in [0.717, 1.165) is 11.1 Å². The summed E-state index contributed by atoms with van der Waals surface area (Å²) in [4.78, 5) is 23.2. The third-order valence-electron chi connectivity index (χ3n) is 3.65. The van der Waals surface area contributed by atoms with E-state index in [2.05, 4.69) is 5.32 Å². The second-order valence-corrected chi connectivity index (χ2v) is 5.61. The van der Waals surface area contributed by atoms with Crippen LogP contribution in [0, 0.1) is 25.2 Å². The molecule has 6 nitrogen and oxygen atoms in total. The molecule has 0 aliphatic heterocycles. The Balaban J connectivity index is 2.29. The standard InChI is InChI=1S/C20H18N2O4/c1-13-6-5-7-14(2)19(13)22-20(25)16(11-21)10-15-8-3-4-9-17(15)26-12-18(23)24/h3-10H,12H2,1-2H3,(H,22,25)(H,23,24)/b16-10-. The fraction of sp³-hybridized carbons (Fsp3) is 0.150. The molecule has 0 saturated carbocycles. The highest BCUT2D eigenvalue weighted by molar-refractivity contribution is 6.10. The summed E-state index contributed by atoms with van der Waals surface area (Å²) in [5, 5.41) is 20.9. The van der Waals surface area contributed by atoms with Gasteiger partial charge in [-0.25, -0.2) is 4.79 Å². The van der Waals surface area contributed by atoms with Crippen LogP contribution < -0.4 is 10.1 Å². The molecule has 0 saturated heterocycles. The second kappa shape index (κ2) is 8.49. The third-order valence-corrected chi connectivity index (χ3v) is 3.65. The maximum Gasteiger partial charge on any atom is 0.341 e. The molecule has 6 heteroatoms. The van der Waals surface area contributed by atoms with Crippen LogP contribution in [0.4, 0.5) is 5.69 Å². The smallest absolute Gasteiger partial charge is 0.341 e. The van der Waals surface area contributed by atoms with Gasteiger partial charge in [-0.1, -0.05) is 36.4 Å². The lowest BCUT2D eigenvalue weighted by Crippen LogP contribution is -2.15. The number of nitrogens with one attached hydrogen (secondary N) is 1. The van der Waals surface area contributed by atoms with Crippen molar-refractivity contribution in [2.75, 3.05) is 11.9 Å². The summed E-state index contributed by atoms with van der Waals surface area (Å²) >= 11 is 0. The van der Waals surface area contributed by atoms with Gasteiger partial charge in [0, 0.05) is 11.3 Å². The van der Waals surface area contributed by atoms with Gasteiger partial charge < -0.3 is 15.2 Å². The second-order valence-electron chi connectivity index (χ2n) is 5.61. The number of rotatable bonds is 6. The molecule has 0 heterocycles. The van der Waals surface area contributed by atoms with Gasteiger partial charge in [-0.2, -0.15) is 5.26 Å². The van der Waals surface area contributed by atoms with Gasteiger partial charge >= 0.3 is 5.97 Å². The largest absolute Gasteiger partial charge is 0.481 e. The number of aryl methyl sites for hydroxylation is 2. The average molecular weight is 350 g/mol. The first-order valence-corrected chi connectivity index (χ1v) is 7.85. The highest BCUT2D eigenvalue weighted by atomic mass is 16.5. The molecular formula is C20H18N2O4. The Labute approximate surface area is 151 Å². The van der Waals surface area contributed by atoms with Crippen molar-refractivity contribution in [1.82, 2.24) is 0 Å². The number of amides is 1. The molecule has 0 aliphatic rings. The lowest BCUT2D eigenvalue weighted by atomic mass is 10.1. The Kier molecular flexibility index (Phi) is 6.12. The van der Waals surface area contributed by atoms with Crippen molar-refractivity contribution in [1.29, 1.82) is 5.26 Å². The van der Waals surface area contributed by atoms with Gasteiger partial charge in [-0.15, -0.1) is 0 Å². The Morgan fingerprint density at radius 3 is 2.42 bits per heavy atom. The monoisotopic (exact) mass is 350 g/mol. The van der Waals surface area contributed by atoms with Crippen molar-refractivity contribution in [2.24, 2.45) is 0 Å². The summed E-state index contributed by atoms with van der Waals surface area (Å²) in [6.07, 6.45) is 1.38. The minimum absolute atomic E-state index is 0.112. The van der Waals surface area contributed by atoms with Crippen molar-refractivity contribution in [3.63, 3.8) is 0 Å².